The molecular weight excluding hydrogens is 463 g/mol. The fourth-order valence-corrected chi connectivity index (χ4v) is 2.96. The van der Waals surface area contributed by atoms with Gasteiger partial charge in [0.25, 0.3) is 0 Å². The van der Waals surface area contributed by atoms with E-state index >= 15 is 0 Å². The first kappa shape index (κ1) is 22.9. The van der Waals surface area contributed by atoms with E-state index in [9.17, 15) is 17.6 Å². The van der Waals surface area contributed by atoms with E-state index in [1.165, 1.54) is 17.0 Å². The lowest BCUT2D eigenvalue weighted by Gasteiger charge is -2.18. The second-order valence-electron chi connectivity index (χ2n) is 6.26. The highest BCUT2D eigenvalue weighted by molar-refractivity contribution is 14.0. The number of hydrogen-bond acceptors (Lipinski definition) is 2. The normalized spacial score (nSPS) is 18.5. The highest BCUT2D eigenvalue weighted by Gasteiger charge is 2.34. The number of nitrogens with one attached hydrogen (secondary N) is 2. The van der Waals surface area contributed by atoms with Crippen molar-refractivity contribution in [3.63, 3.8) is 0 Å². The minimum absolute atomic E-state index is 0. The zero-order valence-electron chi connectivity index (χ0n) is 14.7. The van der Waals surface area contributed by atoms with E-state index in [4.69, 9.17) is 0 Å². The van der Waals surface area contributed by atoms with E-state index in [1.54, 1.807) is 13.1 Å². The molecule has 0 saturated carbocycles. The first-order valence-corrected chi connectivity index (χ1v) is 8.34. The lowest BCUT2D eigenvalue weighted by molar-refractivity contribution is -0.143. The summed E-state index contributed by atoms with van der Waals surface area (Å²) in [6, 6.07) is 6.42. The van der Waals surface area contributed by atoms with E-state index in [2.05, 4.69) is 15.6 Å². The van der Waals surface area contributed by atoms with Crippen LogP contribution in [0.3, 0.4) is 0 Å². The Morgan fingerprint density at radius 3 is 2.73 bits per heavy atom. The third-order valence-corrected chi connectivity index (χ3v) is 4.15. The molecule has 0 bridgehead atoms. The maximum Gasteiger partial charge on any atom is 0.401 e. The predicted octanol–water partition coefficient (Wildman–Crippen LogP) is 3.04. The predicted molar refractivity (Wildman–Crippen MR) is 105 cm³/mol. The Morgan fingerprint density at radius 1 is 1.31 bits per heavy atom. The summed E-state index contributed by atoms with van der Waals surface area (Å²) >= 11 is 0. The van der Waals surface area contributed by atoms with Crippen molar-refractivity contribution in [3.05, 3.63) is 35.6 Å². The first-order valence-electron chi connectivity index (χ1n) is 8.34. The fourth-order valence-electron chi connectivity index (χ4n) is 2.96. The fraction of sp³-hybridized carbons (Fsp3) is 0.588. The second kappa shape index (κ2) is 10.9. The van der Waals surface area contributed by atoms with Crippen LogP contribution in [-0.2, 0) is 6.42 Å². The number of halogens is 5. The Balaban J connectivity index is 0.00000338. The van der Waals surface area contributed by atoms with Crippen molar-refractivity contribution in [2.45, 2.75) is 19.0 Å². The Morgan fingerprint density at radius 2 is 2.08 bits per heavy atom. The minimum Gasteiger partial charge on any atom is -0.356 e. The molecule has 0 aliphatic carbocycles. The highest BCUT2D eigenvalue weighted by Crippen LogP contribution is 2.22. The Hall–Kier alpha value is -1.10. The van der Waals surface area contributed by atoms with Crippen LogP contribution in [0.1, 0.15) is 12.0 Å². The average molecular weight is 488 g/mol. The van der Waals surface area contributed by atoms with Gasteiger partial charge < -0.3 is 10.6 Å². The average Bonchev–Trinajstić information content (AvgIpc) is 2.96. The number of alkyl halides is 3. The summed E-state index contributed by atoms with van der Waals surface area (Å²) in [5.74, 6) is 0.513. The van der Waals surface area contributed by atoms with Crippen molar-refractivity contribution in [1.29, 1.82) is 0 Å². The summed E-state index contributed by atoms with van der Waals surface area (Å²) in [4.78, 5) is 5.54. The van der Waals surface area contributed by atoms with Gasteiger partial charge in [-0.15, -0.1) is 24.0 Å². The van der Waals surface area contributed by atoms with Crippen molar-refractivity contribution >= 4 is 29.9 Å². The SMILES string of the molecule is CN=C(NCCc1cccc(F)c1)NCC1CCN(CC(F)(F)F)C1.I. The van der Waals surface area contributed by atoms with Crippen molar-refractivity contribution in [2.75, 3.05) is 39.8 Å². The molecule has 0 spiro atoms. The summed E-state index contributed by atoms with van der Waals surface area (Å²) < 4.78 is 50.3. The molecule has 9 heteroatoms. The minimum atomic E-state index is -4.14. The van der Waals surface area contributed by atoms with Gasteiger partial charge in [0.2, 0.25) is 0 Å². The van der Waals surface area contributed by atoms with Crippen LogP contribution in [0.25, 0.3) is 0 Å². The molecule has 1 aliphatic heterocycles. The van der Waals surface area contributed by atoms with Crippen LogP contribution in [0.5, 0.6) is 0 Å². The monoisotopic (exact) mass is 488 g/mol. The molecule has 0 aromatic heterocycles. The lowest BCUT2D eigenvalue weighted by atomic mass is 10.1. The van der Waals surface area contributed by atoms with Crippen LogP contribution in [0.15, 0.2) is 29.3 Å². The van der Waals surface area contributed by atoms with Gasteiger partial charge >= 0.3 is 6.18 Å². The van der Waals surface area contributed by atoms with Gasteiger partial charge in [-0.3, -0.25) is 9.89 Å². The van der Waals surface area contributed by atoms with Gasteiger partial charge in [0.1, 0.15) is 5.82 Å². The number of rotatable bonds is 6. The van der Waals surface area contributed by atoms with Crippen LogP contribution < -0.4 is 10.6 Å². The molecule has 26 heavy (non-hydrogen) atoms. The van der Waals surface area contributed by atoms with E-state index in [-0.39, 0.29) is 35.7 Å². The lowest BCUT2D eigenvalue weighted by Crippen LogP contribution is -2.41. The quantitative estimate of drug-likeness (QED) is 0.280. The maximum atomic E-state index is 13.1. The molecular formula is C17H25F4IN4. The number of likely N-dealkylation sites (tertiary alicyclic amines) is 1. The summed E-state index contributed by atoms with van der Waals surface area (Å²) in [6.07, 6.45) is -2.75. The molecule has 1 aliphatic rings. The van der Waals surface area contributed by atoms with Gasteiger partial charge in [0.15, 0.2) is 5.96 Å². The van der Waals surface area contributed by atoms with Crippen LogP contribution in [-0.4, -0.2) is 56.8 Å². The Kier molecular flexibility index (Phi) is 9.62. The topological polar surface area (TPSA) is 39.7 Å². The van der Waals surface area contributed by atoms with E-state index < -0.39 is 12.7 Å². The zero-order chi connectivity index (χ0) is 18.3. The van der Waals surface area contributed by atoms with Crippen LogP contribution in [0.2, 0.25) is 0 Å². The molecule has 1 heterocycles. The van der Waals surface area contributed by atoms with Crippen LogP contribution in [0, 0.1) is 11.7 Å². The third-order valence-electron chi connectivity index (χ3n) is 4.15. The smallest absolute Gasteiger partial charge is 0.356 e. The second-order valence-corrected chi connectivity index (χ2v) is 6.26. The van der Waals surface area contributed by atoms with Gasteiger partial charge in [0.05, 0.1) is 6.54 Å². The number of hydrogen-bond donors (Lipinski definition) is 2. The van der Waals surface area contributed by atoms with Crippen molar-refractivity contribution < 1.29 is 17.6 Å². The summed E-state index contributed by atoms with van der Waals surface area (Å²) in [7, 11) is 1.64. The first-order chi connectivity index (χ1) is 11.9. The molecule has 148 valence electrons. The Bertz CT molecular complexity index is 580. The van der Waals surface area contributed by atoms with Crippen LogP contribution in [0.4, 0.5) is 17.6 Å². The van der Waals surface area contributed by atoms with Gasteiger partial charge in [0, 0.05) is 26.7 Å². The summed E-state index contributed by atoms with van der Waals surface area (Å²) in [5, 5.41) is 6.28. The summed E-state index contributed by atoms with van der Waals surface area (Å²) in [6.45, 7) is 1.23. The largest absolute Gasteiger partial charge is 0.401 e. The van der Waals surface area contributed by atoms with Gasteiger partial charge in [-0.1, -0.05) is 12.1 Å². The van der Waals surface area contributed by atoms with Crippen molar-refractivity contribution in [2.24, 2.45) is 10.9 Å². The van der Waals surface area contributed by atoms with Crippen LogP contribution >= 0.6 is 24.0 Å². The molecule has 1 fully saturated rings. The number of benzene rings is 1. The molecule has 2 N–H and O–H groups in total. The third kappa shape index (κ3) is 8.52. The molecule has 1 unspecified atom stereocenters. The van der Waals surface area contributed by atoms with Crippen molar-refractivity contribution in [1.82, 2.24) is 15.5 Å². The van der Waals surface area contributed by atoms with Gasteiger partial charge in [-0.05, 0) is 43.0 Å². The summed E-state index contributed by atoms with van der Waals surface area (Å²) in [5.41, 5.74) is 0.890. The van der Waals surface area contributed by atoms with E-state index in [1.807, 2.05) is 6.07 Å². The molecule has 2 rings (SSSR count). The molecule has 0 amide bonds. The van der Waals surface area contributed by atoms with Crippen molar-refractivity contribution in [3.8, 4) is 0 Å². The standard InChI is InChI=1S/C17H24F4N4.HI/c1-22-16(23-7-5-13-3-2-4-15(18)9-13)24-10-14-6-8-25(11-14)12-17(19,20)21;/h2-4,9,14H,5-8,10-12H2,1H3,(H2,22,23,24);1H. The van der Waals surface area contributed by atoms with E-state index in [0.29, 0.717) is 38.6 Å². The number of aliphatic imine (C=N–C) groups is 1. The highest BCUT2D eigenvalue weighted by atomic mass is 127. The molecule has 1 aromatic carbocycles. The number of guanidine groups is 1. The molecule has 1 saturated heterocycles. The van der Waals surface area contributed by atoms with Gasteiger partial charge in [-0.2, -0.15) is 13.2 Å². The zero-order valence-corrected chi connectivity index (χ0v) is 17.0. The van der Waals surface area contributed by atoms with Gasteiger partial charge in [-0.25, -0.2) is 4.39 Å². The van der Waals surface area contributed by atoms with E-state index in [0.717, 1.165) is 12.0 Å². The molecule has 1 atom stereocenters. The Labute approximate surface area is 168 Å². The molecule has 0 radical (unpaired) electrons. The number of nitrogens with zero attached hydrogens (tertiary/aromatic N) is 2. The maximum absolute atomic E-state index is 13.1. The molecule has 1 aromatic rings. The molecule has 4 nitrogen and oxygen atoms in total.